The standard InChI is InChI=1S/C31H37N3O3S/c1-6-7-14-32-29(35)23-19-22-20(18-24(23)37-5)13-16-33-27(22)26(25-12-10-17-38-25)21-11-8-9-15-34(31(2,3)4)30(36)28(21)33/h6,10,12,17-19H,1,7-9,11,13-16H2,2-5H3,(H,32,35). The summed E-state index contributed by atoms with van der Waals surface area (Å²) < 4.78 is 7.91. The highest BCUT2D eigenvalue weighted by Gasteiger charge is 2.37. The van der Waals surface area contributed by atoms with Crippen LogP contribution in [0.3, 0.4) is 0 Å². The van der Waals surface area contributed by atoms with Crippen LogP contribution in [-0.4, -0.2) is 47.0 Å². The van der Waals surface area contributed by atoms with Gasteiger partial charge in [0, 0.05) is 41.2 Å². The fraction of sp³-hybridized carbons (Fsp3) is 0.419. The minimum absolute atomic E-state index is 0.107. The highest BCUT2D eigenvalue weighted by molar-refractivity contribution is 7.13. The topological polar surface area (TPSA) is 63.6 Å². The van der Waals surface area contributed by atoms with E-state index in [9.17, 15) is 9.59 Å². The van der Waals surface area contributed by atoms with E-state index in [0.29, 0.717) is 30.8 Å². The molecule has 0 atom stereocenters. The Balaban J connectivity index is 1.75. The Morgan fingerprint density at radius 2 is 2.00 bits per heavy atom. The fourth-order valence-electron chi connectivity index (χ4n) is 5.80. The molecule has 1 N–H and O–H groups in total. The Kier molecular flexibility index (Phi) is 7.23. The number of rotatable bonds is 6. The van der Waals surface area contributed by atoms with Crippen LogP contribution in [0.25, 0.3) is 21.7 Å². The molecule has 0 unspecified atom stereocenters. The van der Waals surface area contributed by atoms with Crippen molar-refractivity contribution >= 4 is 23.2 Å². The molecule has 3 aromatic rings. The smallest absolute Gasteiger partial charge is 0.271 e. The number of nitrogens with zero attached hydrogens (tertiary/aromatic N) is 2. The van der Waals surface area contributed by atoms with E-state index in [1.165, 1.54) is 0 Å². The summed E-state index contributed by atoms with van der Waals surface area (Å²) in [5.74, 6) is 0.516. The lowest BCUT2D eigenvalue weighted by Crippen LogP contribution is -2.47. The van der Waals surface area contributed by atoms with Crippen molar-refractivity contribution in [3.63, 3.8) is 0 Å². The zero-order chi connectivity index (χ0) is 27.0. The van der Waals surface area contributed by atoms with Crippen LogP contribution in [0.4, 0.5) is 0 Å². The minimum Gasteiger partial charge on any atom is -0.496 e. The third-order valence-corrected chi connectivity index (χ3v) is 8.50. The van der Waals surface area contributed by atoms with Gasteiger partial charge in [0.1, 0.15) is 11.4 Å². The summed E-state index contributed by atoms with van der Waals surface area (Å²) in [5, 5.41) is 5.08. The third kappa shape index (κ3) is 4.57. The zero-order valence-electron chi connectivity index (χ0n) is 22.9. The van der Waals surface area contributed by atoms with Crippen LogP contribution in [0.5, 0.6) is 5.75 Å². The van der Waals surface area contributed by atoms with Gasteiger partial charge in [0.25, 0.3) is 11.8 Å². The van der Waals surface area contributed by atoms with Gasteiger partial charge in [-0.25, -0.2) is 0 Å². The normalized spacial score (nSPS) is 15.2. The maximum absolute atomic E-state index is 14.2. The second-order valence-electron chi connectivity index (χ2n) is 11.1. The van der Waals surface area contributed by atoms with Gasteiger partial charge in [0.2, 0.25) is 0 Å². The number of aryl methyl sites for hydroxylation is 1. The molecule has 6 nitrogen and oxygen atoms in total. The van der Waals surface area contributed by atoms with Gasteiger partial charge in [-0.05, 0) is 87.6 Å². The number of ether oxygens (including phenoxy) is 1. The van der Waals surface area contributed by atoms with Gasteiger partial charge in [0.15, 0.2) is 0 Å². The van der Waals surface area contributed by atoms with Crippen LogP contribution in [-0.2, 0) is 19.4 Å². The summed E-state index contributed by atoms with van der Waals surface area (Å²) in [6.45, 7) is 12.1. The Morgan fingerprint density at radius 1 is 1.18 bits per heavy atom. The quantitative estimate of drug-likeness (QED) is 0.299. The van der Waals surface area contributed by atoms with Crippen molar-refractivity contribution in [3.8, 4) is 27.4 Å². The molecule has 0 aliphatic carbocycles. The number of carbonyl (C=O) groups is 2. The van der Waals surface area contributed by atoms with Crippen LogP contribution < -0.4 is 10.1 Å². The van der Waals surface area contributed by atoms with Gasteiger partial charge in [-0.15, -0.1) is 17.9 Å². The van der Waals surface area contributed by atoms with Crippen LogP contribution in [0.1, 0.15) is 72.0 Å². The summed E-state index contributed by atoms with van der Waals surface area (Å²) >= 11 is 1.70. The lowest BCUT2D eigenvalue weighted by molar-refractivity contribution is 0.0558. The van der Waals surface area contributed by atoms with E-state index in [-0.39, 0.29) is 17.4 Å². The predicted octanol–water partition coefficient (Wildman–Crippen LogP) is 6.33. The largest absolute Gasteiger partial charge is 0.496 e. The molecule has 0 fully saturated rings. The maximum atomic E-state index is 14.2. The number of carbonyl (C=O) groups excluding carboxylic acids is 2. The lowest BCUT2D eigenvalue weighted by atomic mass is 9.91. The van der Waals surface area contributed by atoms with Gasteiger partial charge in [-0.1, -0.05) is 12.1 Å². The molecule has 200 valence electrons. The van der Waals surface area contributed by atoms with Crippen molar-refractivity contribution in [1.82, 2.24) is 14.8 Å². The van der Waals surface area contributed by atoms with Gasteiger partial charge in [-0.3, -0.25) is 9.59 Å². The minimum atomic E-state index is -0.268. The lowest BCUT2D eigenvalue weighted by Gasteiger charge is -2.37. The molecule has 0 spiro atoms. The first-order chi connectivity index (χ1) is 18.3. The molecule has 2 aromatic heterocycles. The highest BCUT2D eigenvalue weighted by Crippen LogP contribution is 2.47. The second-order valence-corrected chi connectivity index (χ2v) is 12.0. The number of hydrogen-bond donors (Lipinski definition) is 1. The van der Waals surface area contributed by atoms with Crippen molar-refractivity contribution in [2.24, 2.45) is 0 Å². The van der Waals surface area contributed by atoms with Crippen LogP contribution >= 0.6 is 11.3 Å². The van der Waals surface area contributed by atoms with Crippen LogP contribution in [0.2, 0.25) is 0 Å². The molecular formula is C31H37N3O3S. The second kappa shape index (κ2) is 10.4. The van der Waals surface area contributed by atoms with E-state index in [0.717, 1.165) is 70.7 Å². The first-order valence-electron chi connectivity index (χ1n) is 13.5. The number of amides is 2. The summed E-state index contributed by atoms with van der Waals surface area (Å²) in [6, 6.07) is 8.19. The molecular weight excluding hydrogens is 494 g/mol. The van der Waals surface area contributed by atoms with Gasteiger partial charge in [-0.2, -0.15) is 0 Å². The number of nitrogens with one attached hydrogen (secondary N) is 1. The van der Waals surface area contributed by atoms with Crippen molar-refractivity contribution in [2.75, 3.05) is 20.2 Å². The molecule has 7 heteroatoms. The number of benzene rings is 1. The van der Waals surface area contributed by atoms with Crippen molar-refractivity contribution in [1.29, 1.82) is 0 Å². The average molecular weight is 532 g/mol. The predicted molar refractivity (Wildman–Crippen MR) is 154 cm³/mol. The summed E-state index contributed by atoms with van der Waals surface area (Å²) in [4.78, 5) is 30.7. The molecule has 2 aliphatic heterocycles. The third-order valence-electron chi connectivity index (χ3n) is 7.61. The number of hydrogen-bond acceptors (Lipinski definition) is 4. The Hall–Kier alpha value is -3.32. The van der Waals surface area contributed by atoms with Gasteiger partial charge in [0.05, 0.1) is 18.4 Å². The molecule has 38 heavy (non-hydrogen) atoms. The van der Waals surface area contributed by atoms with E-state index < -0.39 is 0 Å². The van der Waals surface area contributed by atoms with E-state index >= 15 is 0 Å². The van der Waals surface area contributed by atoms with Crippen molar-refractivity contribution in [3.05, 3.63) is 64.7 Å². The van der Waals surface area contributed by atoms with E-state index in [4.69, 9.17) is 4.74 Å². The SMILES string of the molecule is C=CCCNC(=O)c1cc2c(cc1OC)CCn1c3c(c(-c4cccs4)c1-2)CCCCN(C(C)(C)C)C3=O. The van der Waals surface area contributed by atoms with Crippen molar-refractivity contribution in [2.45, 2.75) is 65.0 Å². The Morgan fingerprint density at radius 3 is 2.68 bits per heavy atom. The molecule has 2 amide bonds. The van der Waals surface area contributed by atoms with Crippen molar-refractivity contribution < 1.29 is 14.3 Å². The molecule has 0 saturated carbocycles. The zero-order valence-corrected chi connectivity index (χ0v) is 23.7. The number of aromatic nitrogens is 1. The average Bonchev–Trinajstić information content (AvgIpc) is 3.51. The molecule has 0 radical (unpaired) electrons. The first kappa shape index (κ1) is 26.3. The maximum Gasteiger partial charge on any atom is 0.271 e. The Labute approximate surface area is 229 Å². The molecule has 5 rings (SSSR count). The van der Waals surface area contributed by atoms with E-state index in [1.54, 1.807) is 24.5 Å². The highest BCUT2D eigenvalue weighted by atomic mass is 32.1. The monoisotopic (exact) mass is 531 g/mol. The number of thiophene rings is 1. The molecule has 0 saturated heterocycles. The van der Waals surface area contributed by atoms with Gasteiger partial charge >= 0.3 is 0 Å². The Bertz CT molecular complexity index is 1380. The fourth-order valence-corrected chi connectivity index (χ4v) is 6.60. The summed E-state index contributed by atoms with van der Waals surface area (Å²) in [5.41, 5.74) is 6.54. The van der Waals surface area contributed by atoms with E-state index in [1.807, 2.05) is 17.0 Å². The summed E-state index contributed by atoms with van der Waals surface area (Å²) in [6.07, 6.45) is 6.13. The molecule has 0 bridgehead atoms. The molecule has 1 aromatic carbocycles. The number of methoxy groups -OCH3 is 1. The first-order valence-corrected chi connectivity index (χ1v) is 14.4. The molecule has 4 heterocycles. The van der Waals surface area contributed by atoms with E-state index in [2.05, 4.69) is 54.7 Å². The van der Waals surface area contributed by atoms with Crippen LogP contribution in [0, 0.1) is 0 Å². The van der Waals surface area contributed by atoms with Gasteiger partial charge < -0.3 is 19.5 Å². The van der Waals surface area contributed by atoms with Crippen LogP contribution in [0.15, 0.2) is 42.3 Å². The molecule has 2 aliphatic rings. The number of fused-ring (bicyclic) bond motifs is 5. The summed E-state index contributed by atoms with van der Waals surface area (Å²) in [7, 11) is 1.61.